The summed E-state index contributed by atoms with van der Waals surface area (Å²) in [6, 6.07) is 6.49. The molecule has 0 aromatic heterocycles. The molecule has 1 unspecified atom stereocenters. The summed E-state index contributed by atoms with van der Waals surface area (Å²) >= 11 is 6.41. The van der Waals surface area contributed by atoms with Gasteiger partial charge in [-0.3, -0.25) is 4.79 Å². The molecule has 2 rings (SSSR count). The van der Waals surface area contributed by atoms with E-state index in [-0.39, 0.29) is 11.9 Å². The molecule has 1 aliphatic rings. The number of halogens is 1. The first kappa shape index (κ1) is 16.1. The molecule has 1 aromatic rings. The number of anilines is 1. The minimum atomic E-state index is 0.160. The monoisotopic (exact) mass is 309 g/mol. The van der Waals surface area contributed by atoms with E-state index in [4.69, 9.17) is 11.6 Å². The van der Waals surface area contributed by atoms with Crippen molar-refractivity contribution in [2.24, 2.45) is 0 Å². The predicted octanol–water partition coefficient (Wildman–Crippen LogP) is 2.68. The first-order valence-corrected chi connectivity index (χ1v) is 7.88. The van der Waals surface area contributed by atoms with E-state index < -0.39 is 0 Å². The van der Waals surface area contributed by atoms with Gasteiger partial charge in [-0.25, -0.2) is 0 Å². The van der Waals surface area contributed by atoms with Crippen molar-refractivity contribution in [1.29, 1.82) is 0 Å². The van der Waals surface area contributed by atoms with Crippen LogP contribution in [-0.4, -0.2) is 44.0 Å². The first-order chi connectivity index (χ1) is 10.0. The lowest BCUT2D eigenvalue weighted by Crippen LogP contribution is -2.33. The van der Waals surface area contributed by atoms with Gasteiger partial charge < -0.3 is 15.1 Å². The number of carbonyl (C=O) groups is 1. The Bertz CT molecular complexity index is 506. The van der Waals surface area contributed by atoms with E-state index in [2.05, 4.69) is 29.3 Å². The highest BCUT2D eigenvalue weighted by molar-refractivity contribution is 6.31. The summed E-state index contributed by atoms with van der Waals surface area (Å²) in [4.78, 5) is 15.7. The van der Waals surface area contributed by atoms with Gasteiger partial charge in [-0.15, -0.1) is 0 Å². The van der Waals surface area contributed by atoms with Crippen LogP contribution in [0, 0.1) is 0 Å². The summed E-state index contributed by atoms with van der Waals surface area (Å²) in [6.07, 6.45) is 0.992. The zero-order valence-corrected chi connectivity index (χ0v) is 13.8. The fourth-order valence-electron chi connectivity index (χ4n) is 2.71. The third-order valence-electron chi connectivity index (χ3n) is 4.19. The van der Waals surface area contributed by atoms with Crippen molar-refractivity contribution >= 4 is 23.2 Å². The van der Waals surface area contributed by atoms with Crippen LogP contribution in [0.2, 0.25) is 5.02 Å². The molecular weight excluding hydrogens is 286 g/mol. The van der Waals surface area contributed by atoms with Gasteiger partial charge in [0.05, 0.1) is 0 Å². The molecule has 1 N–H and O–H groups in total. The Labute approximate surface area is 132 Å². The maximum Gasteiger partial charge on any atom is 0.219 e. The molecule has 1 aliphatic heterocycles. The molecule has 1 fully saturated rings. The Kier molecular flexibility index (Phi) is 5.48. The molecule has 0 radical (unpaired) electrons. The van der Waals surface area contributed by atoms with Gasteiger partial charge in [-0.2, -0.15) is 0 Å². The quantitative estimate of drug-likeness (QED) is 0.932. The summed E-state index contributed by atoms with van der Waals surface area (Å²) in [7, 11) is 1.93. The number of nitrogens with zero attached hydrogens (tertiary/aromatic N) is 2. The molecule has 0 saturated carbocycles. The van der Waals surface area contributed by atoms with Crippen LogP contribution in [0.1, 0.15) is 31.9 Å². The van der Waals surface area contributed by atoms with Crippen molar-refractivity contribution in [3.63, 3.8) is 0 Å². The maximum absolute atomic E-state index is 11.5. The van der Waals surface area contributed by atoms with E-state index in [9.17, 15) is 4.79 Å². The fourth-order valence-corrected chi connectivity index (χ4v) is 3.05. The van der Waals surface area contributed by atoms with Crippen molar-refractivity contribution in [2.75, 3.05) is 38.1 Å². The largest absolute Gasteiger partial charge is 0.370 e. The van der Waals surface area contributed by atoms with E-state index in [1.54, 1.807) is 6.92 Å². The van der Waals surface area contributed by atoms with Gasteiger partial charge in [0.15, 0.2) is 0 Å². The highest BCUT2D eigenvalue weighted by Crippen LogP contribution is 2.28. The third-order valence-corrected chi connectivity index (χ3v) is 4.52. The molecular formula is C16H24ClN3O. The van der Waals surface area contributed by atoms with Gasteiger partial charge in [0.25, 0.3) is 0 Å². The molecule has 0 spiro atoms. The third kappa shape index (κ3) is 3.89. The predicted molar refractivity (Wildman–Crippen MR) is 88.0 cm³/mol. The maximum atomic E-state index is 11.5. The topological polar surface area (TPSA) is 35.6 Å². The van der Waals surface area contributed by atoms with E-state index in [1.165, 1.54) is 0 Å². The molecule has 0 bridgehead atoms. The molecule has 1 saturated heterocycles. The number of rotatable bonds is 3. The Hall–Kier alpha value is -1.26. The SMILES string of the molecule is CNC(C)c1ccc(N2CCCN(C(C)=O)CC2)cc1Cl. The van der Waals surface area contributed by atoms with Crippen LogP contribution in [0.25, 0.3) is 0 Å². The summed E-state index contributed by atoms with van der Waals surface area (Å²) in [5, 5.41) is 4.00. The first-order valence-electron chi connectivity index (χ1n) is 7.50. The van der Waals surface area contributed by atoms with E-state index in [0.717, 1.165) is 48.9 Å². The Morgan fingerprint density at radius 2 is 2.05 bits per heavy atom. The normalized spacial score (nSPS) is 17.5. The molecule has 1 amide bonds. The second-order valence-electron chi connectivity index (χ2n) is 5.56. The average molecular weight is 310 g/mol. The molecule has 1 atom stereocenters. The molecule has 4 nitrogen and oxygen atoms in total. The zero-order valence-electron chi connectivity index (χ0n) is 13.0. The average Bonchev–Trinajstić information content (AvgIpc) is 2.72. The van der Waals surface area contributed by atoms with Crippen molar-refractivity contribution < 1.29 is 4.79 Å². The lowest BCUT2D eigenvalue weighted by Gasteiger charge is -2.24. The molecule has 5 heteroatoms. The summed E-state index contributed by atoms with van der Waals surface area (Å²) < 4.78 is 0. The van der Waals surface area contributed by atoms with Crippen LogP contribution < -0.4 is 10.2 Å². The number of benzene rings is 1. The molecule has 21 heavy (non-hydrogen) atoms. The van der Waals surface area contributed by atoms with Crippen LogP contribution in [0.5, 0.6) is 0 Å². The lowest BCUT2D eigenvalue weighted by molar-refractivity contribution is -0.128. The van der Waals surface area contributed by atoms with Crippen molar-refractivity contribution in [2.45, 2.75) is 26.3 Å². The van der Waals surface area contributed by atoms with Crippen molar-refractivity contribution in [1.82, 2.24) is 10.2 Å². The second kappa shape index (κ2) is 7.14. The van der Waals surface area contributed by atoms with Gasteiger partial charge in [0.2, 0.25) is 5.91 Å². The van der Waals surface area contributed by atoms with Gasteiger partial charge in [-0.05, 0) is 38.1 Å². The molecule has 116 valence electrons. The number of amides is 1. The fraction of sp³-hybridized carbons (Fsp3) is 0.562. The highest BCUT2D eigenvalue weighted by atomic mass is 35.5. The van der Waals surface area contributed by atoms with Gasteiger partial charge in [-0.1, -0.05) is 17.7 Å². The second-order valence-corrected chi connectivity index (χ2v) is 5.97. The smallest absolute Gasteiger partial charge is 0.219 e. The number of hydrogen-bond acceptors (Lipinski definition) is 3. The van der Waals surface area contributed by atoms with Crippen LogP contribution in [0.4, 0.5) is 5.69 Å². The molecule has 1 aromatic carbocycles. The molecule has 0 aliphatic carbocycles. The van der Waals surface area contributed by atoms with E-state index >= 15 is 0 Å². The minimum Gasteiger partial charge on any atom is -0.370 e. The minimum absolute atomic E-state index is 0.160. The Morgan fingerprint density at radius 3 is 2.67 bits per heavy atom. The van der Waals surface area contributed by atoms with E-state index in [1.807, 2.05) is 18.0 Å². The molecule has 1 heterocycles. The van der Waals surface area contributed by atoms with Crippen LogP contribution in [0.3, 0.4) is 0 Å². The lowest BCUT2D eigenvalue weighted by atomic mass is 10.1. The zero-order chi connectivity index (χ0) is 15.4. The Morgan fingerprint density at radius 1 is 1.29 bits per heavy atom. The van der Waals surface area contributed by atoms with Gasteiger partial charge in [0.1, 0.15) is 0 Å². The van der Waals surface area contributed by atoms with Crippen molar-refractivity contribution in [3.8, 4) is 0 Å². The van der Waals surface area contributed by atoms with E-state index in [0.29, 0.717) is 0 Å². The van der Waals surface area contributed by atoms with Crippen LogP contribution in [0.15, 0.2) is 18.2 Å². The summed E-state index contributed by atoms with van der Waals surface area (Å²) in [6.45, 7) is 7.17. The summed E-state index contributed by atoms with van der Waals surface area (Å²) in [5.74, 6) is 0.160. The highest BCUT2D eigenvalue weighted by Gasteiger charge is 2.18. The number of hydrogen-bond donors (Lipinski definition) is 1. The standard InChI is InChI=1S/C16H24ClN3O/c1-12(18-3)15-6-5-14(11-16(15)17)20-8-4-7-19(9-10-20)13(2)21/h5-6,11-12,18H,4,7-10H2,1-3H3. The Balaban J connectivity index is 2.11. The van der Waals surface area contributed by atoms with Gasteiger partial charge in [0, 0.05) is 49.9 Å². The van der Waals surface area contributed by atoms with Gasteiger partial charge >= 0.3 is 0 Å². The summed E-state index contributed by atoms with van der Waals surface area (Å²) in [5.41, 5.74) is 2.25. The number of carbonyl (C=O) groups excluding carboxylic acids is 1. The van der Waals surface area contributed by atoms with Crippen LogP contribution in [-0.2, 0) is 4.79 Å². The van der Waals surface area contributed by atoms with Crippen LogP contribution >= 0.6 is 11.6 Å². The number of nitrogens with one attached hydrogen (secondary N) is 1. The van der Waals surface area contributed by atoms with Crippen molar-refractivity contribution in [3.05, 3.63) is 28.8 Å².